The number of hydrogen-bond acceptors (Lipinski definition) is 6. The van der Waals surface area contributed by atoms with Crippen LogP contribution in [0.2, 0.25) is 0 Å². The molecule has 2 aromatic carbocycles. The van der Waals surface area contributed by atoms with Crippen molar-refractivity contribution < 1.29 is 0 Å². The lowest BCUT2D eigenvalue weighted by atomic mass is 9.80. The van der Waals surface area contributed by atoms with Crippen LogP contribution in [0.1, 0.15) is 11.1 Å². The first-order chi connectivity index (χ1) is 7.95. The number of benzene rings is 2. The van der Waals surface area contributed by atoms with Gasteiger partial charge in [0.2, 0.25) is 0 Å². The normalized spacial score (nSPS) is 12.7. The lowest BCUT2D eigenvalue weighted by Gasteiger charge is -2.28. The summed E-state index contributed by atoms with van der Waals surface area (Å²) in [7, 11) is 0. The highest BCUT2D eigenvalue weighted by Crippen LogP contribution is 2.51. The van der Waals surface area contributed by atoms with Crippen molar-refractivity contribution in [3.05, 3.63) is 11.1 Å². The van der Waals surface area contributed by atoms with Crippen LogP contribution in [0.4, 0.5) is 34.1 Å². The molecule has 0 aliphatic heterocycles. The van der Waals surface area contributed by atoms with Crippen LogP contribution < -0.4 is 34.4 Å². The maximum absolute atomic E-state index is 5.95. The van der Waals surface area contributed by atoms with E-state index in [1.807, 2.05) is 0 Å². The Morgan fingerprint density at radius 3 is 1.29 bits per heavy atom. The first kappa shape index (κ1) is 9.71. The van der Waals surface area contributed by atoms with E-state index in [1.54, 1.807) is 0 Å². The van der Waals surface area contributed by atoms with Gasteiger partial charge in [-0.05, 0) is 16.5 Å². The zero-order valence-electron chi connectivity index (χ0n) is 9.17. The maximum atomic E-state index is 5.95. The Bertz CT molecular complexity index is 634. The second kappa shape index (κ2) is 2.60. The first-order valence-electron chi connectivity index (χ1n) is 5.19. The van der Waals surface area contributed by atoms with Gasteiger partial charge in [0, 0.05) is 11.8 Å². The highest BCUT2D eigenvalue weighted by atomic mass is 14.8. The Morgan fingerprint density at radius 2 is 0.882 bits per heavy atom. The van der Waals surface area contributed by atoms with E-state index >= 15 is 0 Å². The minimum absolute atomic E-state index is 0.369. The van der Waals surface area contributed by atoms with Gasteiger partial charge in [0.25, 0.3) is 0 Å². The Hall–Kier alpha value is -2.50. The van der Waals surface area contributed by atoms with Crippen molar-refractivity contribution in [1.82, 2.24) is 0 Å². The molecule has 0 fully saturated rings. The Morgan fingerprint density at radius 1 is 0.471 bits per heavy atom. The molecular formula is C11H14N6. The standard InChI is InChI=1S/C11H14N6/c12-6-2-1-3-4(2)5(8(14)10(6)16)9(15)11(17)7(3)13/h1,12-17H2. The summed E-state index contributed by atoms with van der Waals surface area (Å²) in [6.45, 7) is 0. The van der Waals surface area contributed by atoms with Gasteiger partial charge in [-0.1, -0.05) is 0 Å². The van der Waals surface area contributed by atoms with Crippen LogP contribution in [0.15, 0.2) is 0 Å². The molecule has 0 heterocycles. The summed E-state index contributed by atoms with van der Waals surface area (Å²) >= 11 is 0. The predicted molar refractivity (Wildman–Crippen MR) is 73.2 cm³/mol. The molecule has 6 nitrogen and oxygen atoms in total. The lowest BCUT2D eigenvalue weighted by molar-refractivity contribution is 1.17. The fraction of sp³-hybridized carbons (Fsp3) is 0.0909. The smallest absolute Gasteiger partial charge is 0.0791 e. The molecule has 12 N–H and O–H groups in total. The van der Waals surface area contributed by atoms with Gasteiger partial charge >= 0.3 is 0 Å². The van der Waals surface area contributed by atoms with E-state index in [0.29, 0.717) is 45.9 Å². The number of nitrogen functional groups attached to an aromatic ring is 6. The average Bonchev–Trinajstić information content (AvgIpc) is 2.27. The molecule has 1 aliphatic carbocycles. The van der Waals surface area contributed by atoms with Crippen molar-refractivity contribution in [3.8, 4) is 0 Å². The van der Waals surface area contributed by atoms with Crippen LogP contribution in [0.25, 0.3) is 10.8 Å². The summed E-state index contributed by atoms with van der Waals surface area (Å²) in [5.74, 6) is 0. The van der Waals surface area contributed by atoms with Gasteiger partial charge in [0.1, 0.15) is 0 Å². The average molecular weight is 230 g/mol. The van der Waals surface area contributed by atoms with Crippen LogP contribution in [0.3, 0.4) is 0 Å². The van der Waals surface area contributed by atoms with Gasteiger partial charge in [-0.25, -0.2) is 0 Å². The second-order valence-corrected chi connectivity index (χ2v) is 4.37. The molecule has 6 heteroatoms. The van der Waals surface area contributed by atoms with Gasteiger partial charge in [0.05, 0.1) is 34.1 Å². The third-order valence-corrected chi connectivity index (χ3v) is 3.56. The van der Waals surface area contributed by atoms with Crippen LogP contribution in [-0.4, -0.2) is 0 Å². The zero-order valence-corrected chi connectivity index (χ0v) is 9.17. The van der Waals surface area contributed by atoms with Crippen LogP contribution in [0, 0.1) is 0 Å². The topological polar surface area (TPSA) is 156 Å². The van der Waals surface area contributed by atoms with Crippen molar-refractivity contribution in [2.75, 3.05) is 34.4 Å². The fourth-order valence-electron chi connectivity index (χ4n) is 2.49. The monoisotopic (exact) mass is 230 g/mol. The molecule has 0 atom stereocenters. The summed E-state index contributed by atoms with van der Waals surface area (Å²) in [6, 6.07) is 0. The molecule has 0 aromatic heterocycles. The molecule has 17 heavy (non-hydrogen) atoms. The van der Waals surface area contributed by atoms with Gasteiger partial charge < -0.3 is 34.4 Å². The van der Waals surface area contributed by atoms with Crippen molar-refractivity contribution in [2.24, 2.45) is 0 Å². The summed E-state index contributed by atoms with van der Waals surface area (Å²) < 4.78 is 0. The molecule has 0 unspecified atom stereocenters. The largest absolute Gasteiger partial charge is 0.397 e. The molecule has 2 aromatic rings. The van der Waals surface area contributed by atoms with Gasteiger partial charge in [-0.3, -0.25) is 0 Å². The van der Waals surface area contributed by atoms with E-state index in [1.165, 1.54) is 0 Å². The van der Waals surface area contributed by atoms with E-state index in [4.69, 9.17) is 34.4 Å². The molecule has 3 rings (SSSR count). The van der Waals surface area contributed by atoms with Crippen LogP contribution in [-0.2, 0) is 6.42 Å². The summed E-state index contributed by atoms with van der Waals surface area (Å²) in [4.78, 5) is 0. The molecule has 0 saturated heterocycles. The SMILES string of the molecule is Nc1c(N)c2c3c(c(N)c(N)c(N)c3c1N)C2. The number of rotatable bonds is 0. The van der Waals surface area contributed by atoms with Crippen molar-refractivity contribution >= 4 is 44.9 Å². The lowest BCUT2D eigenvalue weighted by Crippen LogP contribution is -2.17. The first-order valence-corrected chi connectivity index (χ1v) is 5.19. The molecule has 1 aliphatic rings. The van der Waals surface area contributed by atoms with E-state index in [9.17, 15) is 0 Å². The summed E-state index contributed by atoms with van der Waals surface area (Å²) in [5.41, 5.74) is 39.9. The third-order valence-electron chi connectivity index (χ3n) is 3.56. The van der Waals surface area contributed by atoms with Crippen LogP contribution in [0.5, 0.6) is 0 Å². The Kier molecular flexibility index (Phi) is 1.48. The molecule has 0 saturated carbocycles. The fourth-order valence-corrected chi connectivity index (χ4v) is 2.49. The minimum atomic E-state index is 0.369. The number of hydrogen-bond donors (Lipinski definition) is 6. The molecular weight excluding hydrogens is 216 g/mol. The maximum Gasteiger partial charge on any atom is 0.0791 e. The highest BCUT2D eigenvalue weighted by molar-refractivity contribution is 6.20. The predicted octanol–water partition coefficient (Wildman–Crippen LogP) is 0.237. The molecule has 0 bridgehead atoms. The molecule has 88 valence electrons. The Balaban J connectivity index is 2.64. The van der Waals surface area contributed by atoms with Crippen molar-refractivity contribution in [1.29, 1.82) is 0 Å². The molecule has 0 radical (unpaired) electrons. The Labute approximate surface area is 97.5 Å². The minimum Gasteiger partial charge on any atom is -0.397 e. The van der Waals surface area contributed by atoms with Crippen LogP contribution >= 0.6 is 0 Å². The quantitative estimate of drug-likeness (QED) is 0.304. The number of nitrogens with two attached hydrogens (primary N) is 6. The van der Waals surface area contributed by atoms with Gasteiger partial charge in [0.15, 0.2) is 0 Å². The zero-order chi connectivity index (χ0) is 12.5. The van der Waals surface area contributed by atoms with Gasteiger partial charge in [-0.15, -0.1) is 0 Å². The van der Waals surface area contributed by atoms with E-state index in [2.05, 4.69) is 0 Å². The van der Waals surface area contributed by atoms with E-state index in [-0.39, 0.29) is 0 Å². The third kappa shape index (κ3) is 0.862. The van der Waals surface area contributed by atoms with Crippen molar-refractivity contribution in [3.63, 3.8) is 0 Å². The van der Waals surface area contributed by atoms with E-state index < -0.39 is 0 Å². The molecule has 0 amide bonds. The van der Waals surface area contributed by atoms with Gasteiger partial charge in [-0.2, -0.15) is 0 Å². The molecule has 0 spiro atoms. The van der Waals surface area contributed by atoms with Crippen molar-refractivity contribution in [2.45, 2.75) is 6.42 Å². The summed E-state index contributed by atoms with van der Waals surface area (Å²) in [6.07, 6.45) is 0.665. The number of anilines is 6. The second-order valence-electron chi connectivity index (χ2n) is 4.37. The van der Waals surface area contributed by atoms with E-state index in [0.717, 1.165) is 16.5 Å². The highest BCUT2D eigenvalue weighted by Gasteiger charge is 2.29. The summed E-state index contributed by atoms with van der Waals surface area (Å²) in [5, 5.41) is 1.60.